The maximum absolute atomic E-state index is 13.5. The van der Waals surface area contributed by atoms with Gasteiger partial charge in [-0.05, 0) is 13.8 Å². The summed E-state index contributed by atoms with van der Waals surface area (Å²) in [6.45, 7) is 2.82. The van der Waals surface area contributed by atoms with Gasteiger partial charge < -0.3 is 14.9 Å². The molecule has 0 spiro atoms. The van der Waals surface area contributed by atoms with E-state index in [1.54, 1.807) is 4.98 Å². The number of ether oxygens (including phenoxy) is 1. The molecule has 3 N–H and O–H groups in total. The Morgan fingerprint density at radius 2 is 2.23 bits per heavy atom. The van der Waals surface area contributed by atoms with Crippen LogP contribution in [0.15, 0.2) is 15.8 Å². The second-order valence-electron chi connectivity index (χ2n) is 4.93. The van der Waals surface area contributed by atoms with E-state index < -0.39 is 46.5 Å². The number of aromatic nitrogens is 2. The van der Waals surface area contributed by atoms with Crippen LogP contribution in [0.25, 0.3) is 0 Å². The van der Waals surface area contributed by atoms with E-state index in [-0.39, 0.29) is 0 Å². The molecule has 1 fully saturated rings. The number of aliphatic hydroxyl groups excluding tert-OH is 2. The van der Waals surface area contributed by atoms with Crippen LogP contribution in [0.4, 0.5) is 4.39 Å². The molecule has 1 aliphatic heterocycles. The molecule has 22 heavy (non-hydrogen) atoms. The molecule has 1 aliphatic rings. The lowest BCUT2D eigenvalue weighted by atomic mass is 9.96. The second-order valence-corrected chi connectivity index (χ2v) is 5.55. The van der Waals surface area contributed by atoms with Crippen LogP contribution in [0.5, 0.6) is 0 Å². The Labute approximate surface area is 129 Å². The molecule has 0 aliphatic carbocycles. The first-order valence-corrected chi connectivity index (χ1v) is 6.75. The van der Waals surface area contributed by atoms with Gasteiger partial charge in [-0.25, -0.2) is 4.79 Å². The van der Waals surface area contributed by atoms with Crippen LogP contribution in [0.2, 0.25) is 0 Å². The summed E-state index contributed by atoms with van der Waals surface area (Å²) < 4.78 is 19.6. The SMILES string of the molecule is CC#C[C@@]1(Cl)C(O)[C@@H]([C@H](C)O)O[C@H]1n1cc(F)c(=O)[nH]c1=O. The van der Waals surface area contributed by atoms with Crippen LogP contribution < -0.4 is 11.2 Å². The van der Waals surface area contributed by atoms with Crippen molar-refractivity contribution < 1.29 is 19.3 Å². The highest BCUT2D eigenvalue weighted by atomic mass is 35.5. The number of hydrogen-bond acceptors (Lipinski definition) is 5. The fraction of sp³-hybridized carbons (Fsp3) is 0.538. The van der Waals surface area contributed by atoms with Gasteiger partial charge in [0.15, 0.2) is 11.1 Å². The Morgan fingerprint density at radius 1 is 1.59 bits per heavy atom. The summed E-state index contributed by atoms with van der Waals surface area (Å²) >= 11 is 6.29. The van der Waals surface area contributed by atoms with Crippen molar-refractivity contribution in [2.45, 2.75) is 43.3 Å². The van der Waals surface area contributed by atoms with Crippen LogP contribution in [0.1, 0.15) is 20.1 Å². The zero-order chi connectivity index (χ0) is 16.7. The van der Waals surface area contributed by atoms with Crippen LogP contribution in [-0.2, 0) is 4.74 Å². The van der Waals surface area contributed by atoms with Crippen LogP contribution in [-0.4, -0.2) is 43.0 Å². The van der Waals surface area contributed by atoms with Gasteiger partial charge in [0.05, 0.1) is 12.3 Å². The van der Waals surface area contributed by atoms with Crippen LogP contribution in [0.3, 0.4) is 0 Å². The Bertz CT molecular complexity index is 749. The zero-order valence-corrected chi connectivity index (χ0v) is 12.5. The molecule has 1 aromatic rings. The first-order chi connectivity index (χ1) is 10.2. The predicted octanol–water partition coefficient (Wildman–Crippen LogP) is -0.684. The van der Waals surface area contributed by atoms with Crippen molar-refractivity contribution in [3.63, 3.8) is 0 Å². The molecule has 0 radical (unpaired) electrons. The van der Waals surface area contributed by atoms with E-state index in [0.717, 1.165) is 0 Å². The van der Waals surface area contributed by atoms with Crippen molar-refractivity contribution in [3.8, 4) is 11.8 Å². The minimum absolute atomic E-state index is 0.622. The highest BCUT2D eigenvalue weighted by Crippen LogP contribution is 2.43. The summed E-state index contributed by atoms with van der Waals surface area (Å²) in [7, 11) is 0. The summed E-state index contributed by atoms with van der Waals surface area (Å²) in [6.07, 6.45) is -4.45. The summed E-state index contributed by atoms with van der Waals surface area (Å²) in [5.41, 5.74) is -2.16. The molecular weight excluding hydrogens is 319 g/mol. The molecule has 2 rings (SSSR count). The van der Waals surface area contributed by atoms with Crippen molar-refractivity contribution in [3.05, 3.63) is 32.9 Å². The monoisotopic (exact) mass is 332 g/mol. The normalized spacial score (nSPS) is 32.4. The molecule has 120 valence electrons. The van der Waals surface area contributed by atoms with E-state index in [2.05, 4.69) is 11.8 Å². The Hall–Kier alpha value is -1.66. The van der Waals surface area contributed by atoms with Crippen molar-refractivity contribution in [1.29, 1.82) is 0 Å². The number of H-pyrrole nitrogens is 1. The average Bonchev–Trinajstić information content (AvgIpc) is 2.68. The fourth-order valence-corrected chi connectivity index (χ4v) is 2.69. The van der Waals surface area contributed by atoms with E-state index >= 15 is 0 Å². The van der Waals surface area contributed by atoms with Gasteiger partial charge in [-0.3, -0.25) is 14.3 Å². The molecule has 0 bridgehead atoms. The van der Waals surface area contributed by atoms with Gasteiger partial charge in [0.25, 0.3) is 5.56 Å². The third-order valence-corrected chi connectivity index (χ3v) is 3.86. The lowest BCUT2D eigenvalue weighted by Gasteiger charge is -2.25. The Kier molecular flexibility index (Phi) is 4.44. The number of halogens is 2. The van der Waals surface area contributed by atoms with Gasteiger partial charge in [0.2, 0.25) is 5.82 Å². The molecule has 2 heterocycles. The van der Waals surface area contributed by atoms with Crippen molar-refractivity contribution >= 4 is 11.6 Å². The highest BCUT2D eigenvalue weighted by molar-refractivity contribution is 6.27. The fourth-order valence-electron chi connectivity index (χ4n) is 2.32. The molecule has 7 nitrogen and oxygen atoms in total. The molecule has 0 aromatic carbocycles. The molecule has 0 amide bonds. The molecule has 9 heteroatoms. The highest BCUT2D eigenvalue weighted by Gasteiger charge is 2.57. The number of nitrogens with zero attached hydrogens (tertiary/aromatic N) is 1. The quantitative estimate of drug-likeness (QED) is 0.491. The lowest BCUT2D eigenvalue weighted by Crippen LogP contribution is -2.45. The summed E-state index contributed by atoms with van der Waals surface area (Å²) in [6, 6.07) is 0. The Balaban J connectivity index is 2.61. The molecule has 1 saturated heterocycles. The van der Waals surface area contributed by atoms with Gasteiger partial charge in [-0.2, -0.15) is 4.39 Å². The third kappa shape index (κ3) is 2.57. The van der Waals surface area contributed by atoms with Crippen LogP contribution >= 0.6 is 11.6 Å². The zero-order valence-electron chi connectivity index (χ0n) is 11.7. The minimum atomic E-state index is -1.79. The molecule has 5 atom stereocenters. The maximum atomic E-state index is 13.5. The van der Waals surface area contributed by atoms with E-state index in [9.17, 15) is 24.2 Å². The van der Waals surface area contributed by atoms with Crippen molar-refractivity contribution in [2.75, 3.05) is 0 Å². The predicted molar refractivity (Wildman–Crippen MR) is 74.9 cm³/mol. The minimum Gasteiger partial charge on any atom is -0.391 e. The van der Waals surface area contributed by atoms with E-state index in [4.69, 9.17) is 16.3 Å². The summed E-state index contributed by atoms with van der Waals surface area (Å²) in [5.74, 6) is 3.80. The number of hydrogen-bond donors (Lipinski definition) is 3. The largest absolute Gasteiger partial charge is 0.391 e. The van der Waals surface area contributed by atoms with E-state index in [1.165, 1.54) is 13.8 Å². The maximum Gasteiger partial charge on any atom is 0.330 e. The molecule has 1 unspecified atom stereocenters. The summed E-state index contributed by atoms with van der Waals surface area (Å²) in [5, 5.41) is 19.9. The number of alkyl halides is 1. The first kappa shape index (κ1) is 16.7. The molecule has 0 saturated carbocycles. The topological polar surface area (TPSA) is 105 Å². The van der Waals surface area contributed by atoms with Crippen LogP contribution in [0, 0.1) is 17.7 Å². The number of rotatable bonds is 2. The van der Waals surface area contributed by atoms with Gasteiger partial charge >= 0.3 is 5.69 Å². The standard InChI is InChI=1S/C13H14ClFN2O5/c1-3-4-13(14)9(19)8(6(2)18)22-11(13)17-5-7(15)10(20)16-12(17)21/h5-6,8-9,11,18-19H,1-2H3,(H,16,20,21)/t6-,8+,9?,11+,13+/m0/s1. The molecule has 1 aromatic heterocycles. The van der Waals surface area contributed by atoms with Gasteiger partial charge in [0, 0.05) is 0 Å². The molecular formula is C13H14ClFN2O5. The Morgan fingerprint density at radius 3 is 2.77 bits per heavy atom. The summed E-state index contributed by atoms with van der Waals surface area (Å²) in [4.78, 5) is 22.9. The van der Waals surface area contributed by atoms with Gasteiger partial charge in [-0.1, -0.05) is 17.5 Å². The lowest BCUT2D eigenvalue weighted by molar-refractivity contribution is -0.0775. The smallest absolute Gasteiger partial charge is 0.330 e. The van der Waals surface area contributed by atoms with Crippen molar-refractivity contribution in [1.82, 2.24) is 9.55 Å². The van der Waals surface area contributed by atoms with E-state index in [0.29, 0.717) is 10.8 Å². The van der Waals surface area contributed by atoms with E-state index in [1.807, 2.05) is 0 Å². The van der Waals surface area contributed by atoms with Gasteiger partial charge in [0.1, 0.15) is 12.2 Å². The first-order valence-electron chi connectivity index (χ1n) is 6.37. The average molecular weight is 333 g/mol. The number of nitrogens with one attached hydrogen (secondary N) is 1. The number of aromatic amines is 1. The second kappa shape index (κ2) is 5.85. The third-order valence-electron chi connectivity index (χ3n) is 3.36. The number of aliphatic hydroxyl groups is 2. The van der Waals surface area contributed by atoms with Gasteiger partial charge in [-0.15, -0.1) is 5.92 Å². The van der Waals surface area contributed by atoms with Crippen molar-refractivity contribution in [2.24, 2.45) is 0 Å².